The van der Waals surface area contributed by atoms with Crippen LogP contribution in [0.2, 0.25) is 5.02 Å². The zero-order valence-corrected chi connectivity index (χ0v) is 13.3. The molecule has 7 nitrogen and oxygen atoms in total. The number of hydrogen-bond acceptors (Lipinski definition) is 6. The summed E-state index contributed by atoms with van der Waals surface area (Å²) in [6.45, 7) is 0.822. The van der Waals surface area contributed by atoms with Gasteiger partial charge < -0.3 is 20.5 Å². The van der Waals surface area contributed by atoms with Gasteiger partial charge in [0.2, 0.25) is 0 Å². The number of methoxy groups -OCH3 is 1. The third-order valence-corrected chi connectivity index (χ3v) is 3.08. The van der Waals surface area contributed by atoms with Crippen LogP contribution in [0.1, 0.15) is 16.2 Å². The third-order valence-electron chi connectivity index (χ3n) is 2.89. The minimum Gasteiger partial charge on any atom is -0.497 e. The lowest BCUT2D eigenvalue weighted by atomic mass is 10.1. The number of ether oxygens (including phenoxy) is 2. The Morgan fingerprint density at radius 1 is 1.35 bits per heavy atom. The Bertz CT molecular complexity index is 664. The van der Waals surface area contributed by atoms with Crippen LogP contribution in [0.5, 0.6) is 11.5 Å². The number of nitrogens with two attached hydrogens (primary N) is 1. The smallest absolute Gasteiger partial charge is 0.255 e. The van der Waals surface area contributed by atoms with Crippen molar-refractivity contribution in [3.63, 3.8) is 0 Å². The molecule has 0 aliphatic rings. The molecule has 0 atom stereocenters. The molecule has 8 heteroatoms. The Morgan fingerprint density at radius 3 is 2.74 bits per heavy atom. The maximum atomic E-state index is 12.3. The average molecular weight is 337 g/mol. The average Bonchev–Trinajstić information content (AvgIpc) is 2.58. The van der Waals surface area contributed by atoms with Crippen LogP contribution in [0.25, 0.3) is 0 Å². The zero-order chi connectivity index (χ0) is 16.7. The van der Waals surface area contributed by atoms with Crippen LogP contribution in [0, 0.1) is 0 Å². The van der Waals surface area contributed by atoms with Gasteiger partial charge in [-0.3, -0.25) is 4.79 Å². The summed E-state index contributed by atoms with van der Waals surface area (Å²) in [6, 6.07) is 4.95. The van der Waals surface area contributed by atoms with Crippen molar-refractivity contribution in [1.82, 2.24) is 15.3 Å². The molecule has 2 aromatic rings. The highest BCUT2D eigenvalue weighted by Gasteiger charge is 2.14. The summed E-state index contributed by atoms with van der Waals surface area (Å²) in [7, 11) is 1.54. The molecule has 0 bridgehead atoms. The van der Waals surface area contributed by atoms with E-state index in [-0.39, 0.29) is 12.5 Å². The molecule has 2 rings (SSSR count). The number of hydrogen-bond donors (Lipinski definition) is 2. The van der Waals surface area contributed by atoms with Gasteiger partial charge in [-0.1, -0.05) is 11.6 Å². The molecule has 0 saturated carbocycles. The van der Waals surface area contributed by atoms with Gasteiger partial charge in [0.1, 0.15) is 23.9 Å². The van der Waals surface area contributed by atoms with Crippen LogP contribution in [0.3, 0.4) is 0 Å². The predicted octanol–water partition coefficient (Wildman–Crippen LogP) is 1.41. The largest absolute Gasteiger partial charge is 0.497 e. The van der Waals surface area contributed by atoms with E-state index in [9.17, 15) is 4.79 Å². The molecule has 1 aromatic carbocycles. The third kappa shape index (κ3) is 4.80. The fourth-order valence-electron chi connectivity index (χ4n) is 1.79. The van der Waals surface area contributed by atoms with Gasteiger partial charge in [0.25, 0.3) is 5.91 Å². The molecule has 0 aliphatic heterocycles. The predicted molar refractivity (Wildman–Crippen MR) is 85.8 cm³/mol. The molecule has 1 aromatic heterocycles. The molecule has 1 heterocycles. The molecule has 0 fully saturated rings. The Labute approximate surface area is 138 Å². The zero-order valence-electron chi connectivity index (χ0n) is 12.6. The molecular weight excluding hydrogens is 320 g/mol. The van der Waals surface area contributed by atoms with Crippen molar-refractivity contribution in [3.05, 3.63) is 47.0 Å². The van der Waals surface area contributed by atoms with Crippen molar-refractivity contribution in [3.8, 4) is 11.5 Å². The number of nitrogens with zero attached hydrogens (tertiary/aromatic N) is 2. The maximum Gasteiger partial charge on any atom is 0.255 e. The molecule has 0 spiro atoms. The number of amides is 1. The standard InChI is InChI=1S/C15H17ClN4O3/c1-22-11-2-3-12(13(6-11)23-5-4-17)15(21)20-9-14-18-7-10(16)8-19-14/h2-3,6-8H,4-5,9,17H2,1H3,(H,20,21). The van der Waals surface area contributed by atoms with Gasteiger partial charge in [0.15, 0.2) is 0 Å². The van der Waals surface area contributed by atoms with Crippen molar-refractivity contribution in [2.75, 3.05) is 20.3 Å². The summed E-state index contributed by atoms with van der Waals surface area (Å²) < 4.78 is 10.6. The molecule has 122 valence electrons. The van der Waals surface area contributed by atoms with Crippen LogP contribution in [-0.2, 0) is 6.54 Å². The Kier molecular flexibility index (Phi) is 6.13. The Morgan fingerprint density at radius 2 is 2.09 bits per heavy atom. The van der Waals surface area contributed by atoms with Crippen LogP contribution in [0.15, 0.2) is 30.6 Å². The van der Waals surface area contributed by atoms with E-state index in [1.54, 1.807) is 25.3 Å². The number of aromatic nitrogens is 2. The molecule has 0 unspecified atom stereocenters. The Hall–Kier alpha value is -2.38. The first kappa shape index (κ1) is 17.0. The second-order valence-electron chi connectivity index (χ2n) is 4.50. The van der Waals surface area contributed by atoms with Crippen molar-refractivity contribution in [2.45, 2.75) is 6.54 Å². The van der Waals surface area contributed by atoms with E-state index >= 15 is 0 Å². The van der Waals surface area contributed by atoms with E-state index in [1.165, 1.54) is 12.4 Å². The van der Waals surface area contributed by atoms with Crippen molar-refractivity contribution in [2.24, 2.45) is 5.73 Å². The number of benzene rings is 1. The normalized spacial score (nSPS) is 10.2. The maximum absolute atomic E-state index is 12.3. The molecule has 0 saturated heterocycles. The highest BCUT2D eigenvalue weighted by molar-refractivity contribution is 6.30. The van der Waals surface area contributed by atoms with Gasteiger partial charge in [-0.2, -0.15) is 0 Å². The number of carbonyl (C=O) groups is 1. The first-order valence-electron chi connectivity index (χ1n) is 6.89. The lowest BCUT2D eigenvalue weighted by Gasteiger charge is -2.12. The van der Waals surface area contributed by atoms with Gasteiger partial charge >= 0.3 is 0 Å². The minimum absolute atomic E-state index is 0.179. The summed E-state index contributed by atoms with van der Waals surface area (Å²) >= 11 is 5.72. The molecular formula is C15H17ClN4O3. The van der Waals surface area contributed by atoms with E-state index in [4.69, 9.17) is 26.8 Å². The second kappa shape index (κ2) is 8.30. The van der Waals surface area contributed by atoms with Gasteiger partial charge in [0, 0.05) is 25.0 Å². The molecule has 23 heavy (non-hydrogen) atoms. The van der Waals surface area contributed by atoms with Crippen molar-refractivity contribution >= 4 is 17.5 Å². The highest BCUT2D eigenvalue weighted by atomic mass is 35.5. The van der Waals surface area contributed by atoms with Crippen LogP contribution >= 0.6 is 11.6 Å². The quantitative estimate of drug-likeness (QED) is 0.793. The van der Waals surface area contributed by atoms with E-state index in [1.807, 2.05) is 0 Å². The van der Waals surface area contributed by atoms with Gasteiger partial charge in [0.05, 0.1) is 24.2 Å². The lowest BCUT2D eigenvalue weighted by molar-refractivity contribution is 0.0946. The number of nitrogens with one attached hydrogen (secondary N) is 1. The summed E-state index contributed by atoms with van der Waals surface area (Å²) in [5.41, 5.74) is 5.82. The summed E-state index contributed by atoms with van der Waals surface area (Å²) in [6.07, 6.45) is 2.94. The van der Waals surface area contributed by atoms with Crippen molar-refractivity contribution < 1.29 is 14.3 Å². The second-order valence-corrected chi connectivity index (χ2v) is 4.94. The first-order chi connectivity index (χ1) is 11.1. The number of halogens is 1. The number of rotatable bonds is 7. The van der Waals surface area contributed by atoms with Crippen LogP contribution < -0.4 is 20.5 Å². The van der Waals surface area contributed by atoms with E-state index in [2.05, 4.69) is 15.3 Å². The van der Waals surface area contributed by atoms with E-state index in [0.29, 0.717) is 41.1 Å². The molecule has 0 radical (unpaired) electrons. The van der Waals surface area contributed by atoms with Crippen molar-refractivity contribution in [1.29, 1.82) is 0 Å². The number of carbonyl (C=O) groups excluding carboxylic acids is 1. The van der Waals surface area contributed by atoms with Gasteiger partial charge in [-0.05, 0) is 12.1 Å². The van der Waals surface area contributed by atoms with Gasteiger partial charge in [-0.25, -0.2) is 9.97 Å². The monoisotopic (exact) mass is 336 g/mol. The van der Waals surface area contributed by atoms with E-state index < -0.39 is 0 Å². The van der Waals surface area contributed by atoms with Crippen LogP contribution in [-0.4, -0.2) is 36.1 Å². The van der Waals surface area contributed by atoms with E-state index in [0.717, 1.165) is 0 Å². The molecule has 0 aliphatic carbocycles. The van der Waals surface area contributed by atoms with Crippen LogP contribution in [0.4, 0.5) is 0 Å². The highest BCUT2D eigenvalue weighted by Crippen LogP contribution is 2.24. The van der Waals surface area contributed by atoms with Gasteiger partial charge in [-0.15, -0.1) is 0 Å². The minimum atomic E-state index is -0.307. The lowest BCUT2D eigenvalue weighted by Crippen LogP contribution is -2.25. The molecule has 3 N–H and O–H groups in total. The topological polar surface area (TPSA) is 99.4 Å². The Balaban J connectivity index is 2.09. The summed E-state index contributed by atoms with van der Waals surface area (Å²) in [5.74, 6) is 1.15. The first-order valence-corrected chi connectivity index (χ1v) is 7.27. The fourth-order valence-corrected chi connectivity index (χ4v) is 1.89. The SMILES string of the molecule is COc1ccc(C(=O)NCc2ncc(Cl)cn2)c(OCCN)c1. The summed E-state index contributed by atoms with van der Waals surface area (Å²) in [4.78, 5) is 20.4. The fraction of sp³-hybridized carbons (Fsp3) is 0.267. The molecule has 1 amide bonds. The summed E-state index contributed by atoms with van der Waals surface area (Å²) in [5, 5.41) is 3.17.